The zero-order valence-corrected chi connectivity index (χ0v) is 54.1. The molecule has 14 rings (SSSR count). The van der Waals surface area contributed by atoms with Gasteiger partial charge in [-0.05, 0) is 214 Å². The molecule has 0 atom stereocenters. The largest absolute Gasteiger partial charge is 0.573 e. The maximum atomic E-state index is 14.1. The summed E-state index contributed by atoms with van der Waals surface area (Å²) in [7, 11) is 11.8. The van der Waals surface area contributed by atoms with E-state index in [1.807, 2.05) is 82.1 Å². The van der Waals surface area contributed by atoms with Crippen molar-refractivity contribution >= 4 is 35.4 Å². The predicted molar refractivity (Wildman–Crippen MR) is 337 cm³/mol. The van der Waals surface area contributed by atoms with E-state index in [-0.39, 0.29) is 58.3 Å². The highest BCUT2D eigenvalue weighted by Gasteiger charge is 2.67. The van der Waals surface area contributed by atoms with Crippen molar-refractivity contribution in [3.8, 4) is 17.6 Å². The molecule has 3 saturated heterocycles. The number of hydrogen-bond donors (Lipinski definition) is 1. The number of nitrogens with zero attached hydrogens (tertiary/aromatic N) is 12. The first-order valence-electron chi connectivity index (χ1n) is 31.7. The van der Waals surface area contributed by atoms with Crippen LogP contribution in [-0.4, -0.2) is 162 Å². The van der Waals surface area contributed by atoms with Gasteiger partial charge in [-0.3, -0.25) is 29.4 Å². The number of carbonyl (C=O) groups excluding carboxylic acids is 3. The van der Waals surface area contributed by atoms with Crippen LogP contribution in [0, 0.1) is 47.5 Å². The summed E-state index contributed by atoms with van der Waals surface area (Å²) >= 11 is 0. The number of rotatable bonds is 15. The molecule has 18 nitrogen and oxygen atoms in total. The van der Waals surface area contributed by atoms with Crippen molar-refractivity contribution in [3.63, 3.8) is 0 Å². The molecule has 508 valence electrons. The van der Waals surface area contributed by atoms with Crippen molar-refractivity contribution < 1.29 is 63.4 Å². The number of alkyl halides is 6. The fourth-order valence-electron chi connectivity index (χ4n) is 15.5. The average molecular weight is 1340 g/mol. The summed E-state index contributed by atoms with van der Waals surface area (Å²) in [6, 6.07) is 28.0. The van der Waals surface area contributed by atoms with Crippen LogP contribution in [-0.2, 0) is 16.6 Å². The summed E-state index contributed by atoms with van der Waals surface area (Å²) in [5.41, 5.74) is 2.21. The fraction of sp³-hybridized carbons (Fsp3) is 0.464. The second-order valence-electron chi connectivity index (χ2n) is 27.7. The third kappa shape index (κ3) is 12.9. The molecule has 27 heteroatoms. The Kier molecular flexibility index (Phi) is 17.3. The molecule has 6 amide bonds. The van der Waals surface area contributed by atoms with Gasteiger partial charge in [-0.1, -0.05) is 36.4 Å². The van der Waals surface area contributed by atoms with Gasteiger partial charge in [0.2, 0.25) is 0 Å². The monoisotopic (exact) mass is 1340 g/mol. The number of pyridine rings is 3. The summed E-state index contributed by atoms with van der Waals surface area (Å²) in [6.07, 6.45) is 2.31. The summed E-state index contributed by atoms with van der Waals surface area (Å²) in [5.74, 6) is -0.212. The van der Waals surface area contributed by atoms with Gasteiger partial charge in [-0.25, -0.2) is 42.5 Å². The quantitative estimate of drug-likeness (QED) is 0.0967. The molecule has 0 radical (unpaired) electrons. The Labute approximate surface area is 550 Å². The van der Waals surface area contributed by atoms with Crippen LogP contribution in [0.5, 0.6) is 11.5 Å². The van der Waals surface area contributed by atoms with Crippen molar-refractivity contribution in [3.05, 3.63) is 167 Å². The second-order valence-corrected chi connectivity index (χ2v) is 27.7. The van der Waals surface area contributed by atoms with Crippen LogP contribution in [0.1, 0.15) is 92.2 Å². The molecular weight excluding hydrogens is 1260 g/mol. The molecule has 3 spiro atoms. The van der Waals surface area contributed by atoms with Crippen LogP contribution in [0.2, 0.25) is 0 Å². The normalized spacial score (nSPS) is 26.8. The number of halogens is 9. The standard InChI is InChI=1S/C25H28FN5O.C24H26F4N4O2.C20H20F4N4O2/c1-17-9-21(11-27)28-12-22(17)30-16-24(31(23(30)32)13-18-7-8-18)14-25(15-24,29(2)3)19-5-4-6-20(26)10-19;1-30(2)23(17-4-3-5-18(25)10-17)13-22(14-23)15-31(21(33)32(22)12-16-6-7-16)20-9-8-19(11-29-20)34-24(26,27)28;1-27(2)19(13-4-3-5-14(21)8-13)10-18(11-19)12-28(17(29)26-18)16-7-6-15(9-25-16)30-20(22,23)24/h4-6,9-10,12,18H,7-8,13-16H2,1-3H3;3-5,8-11,16H,6-7,12-15H2,1-2H3;3-9H,10-12H2,1-2H3,(H,26,29). The zero-order chi connectivity index (χ0) is 68.7. The topological polar surface area (TPSA) is 170 Å². The highest BCUT2D eigenvalue weighted by atomic mass is 19.4. The third-order valence-electron chi connectivity index (χ3n) is 20.7. The fourth-order valence-corrected chi connectivity index (χ4v) is 15.5. The lowest BCUT2D eigenvalue weighted by Gasteiger charge is -2.60. The summed E-state index contributed by atoms with van der Waals surface area (Å²) in [5, 5.41) is 12.1. The molecule has 5 saturated carbocycles. The third-order valence-corrected chi connectivity index (χ3v) is 20.7. The summed E-state index contributed by atoms with van der Waals surface area (Å²) in [4.78, 5) is 66.9. The number of ether oxygens (including phenoxy) is 2. The van der Waals surface area contributed by atoms with Gasteiger partial charge in [-0.2, -0.15) is 5.26 Å². The Bertz CT molecular complexity index is 3950. The number of aryl methyl sites for hydroxylation is 1. The van der Waals surface area contributed by atoms with E-state index in [0.717, 1.165) is 84.7 Å². The van der Waals surface area contributed by atoms with Crippen molar-refractivity contribution in [2.75, 3.05) is 89.7 Å². The van der Waals surface area contributed by atoms with E-state index in [1.165, 1.54) is 59.0 Å². The van der Waals surface area contributed by atoms with E-state index >= 15 is 0 Å². The maximum Gasteiger partial charge on any atom is 0.573 e. The van der Waals surface area contributed by atoms with Gasteiger partial charge in [0.25, 0.3) is 0 Å². The van der Waals surface area contributed by atoms with E-state index in [9.17, 15) is 53.9 Å². The Balaban J connectivity index is 0.000000138. The highest BCUT2D eigenvalue weighted by Crippen LogP contribution is 2.60. The Morgan fingerprint density at radius 3 is 1.31 bits per heavy atom. The van der Waals surface area contributed by atoms with Gasteiger partial charge in [0.15, 0.2) is 0 Å². The number of aromatic nitrogens is 3. The van der Waals surface area contributed by atoms with Gasteiger partial charge in [0, 0.05) is 13.1 Å². The molecule has 8 aliphatic rings. The Hall–Kier alpha value is -8.74. The number of nitriles is 1. The van der Waals surface area contributed by atoms with Crippen LogP contribution in [0.15, 0.2) is 122 Å². The van der Waals surface area contributed by atoms with E-state index < -0.39 is 46.4 Å². The smallest absolute Gasteiger partial charge is 0.404 e. The first kappa shape index (κ1) is 67.2. The van der Waals surface area contributed by atoms with Crippen molar-refractivity contribution in [2.24, 2.45) is 11.8 Å². The van der Waals surface area contributed by atoms with E-state index in [2.05, 4.69) is 50.5 Å². The Morgan fingerprint density at radius 2 is 0.948 bits per heavy atom. The lowest BCUT2D eigenvalue weighted by molar-refractivity contribution is -0.275. The number of anilines is 3. The van der Waals surface area contributed by atoms with E-state index in [1.54, 1.807) is 42.6 Å². The number of benzene rings is 3. The van der Waals surface area contributed by atoms with E-state index in [4.69, 9.17) is 5.26 Å². The molecule has 3 aromatic carbocycles. The molecule has 0 bridgehead atoms. The number of urea groups is 3. The van der Waals surface area contributed by atoms with Crippen LogP contribution >= 0.6 is 0 Å². The highest BCUT2D eigenvalue weighted by molar-refractivity contribution is 5.97. The molecule has 0 unspecified atom stereocenters. The van der Waals surface area contributed by atoms with E-state index in [0.29, 0.717) is 69.4 Å². The minimum absolute atomic E-state index is 0.0121. The molecule has 3 aliphatic heterocycles. The minimum atomic E-state index is -4.81. The van der Waals surface area contributed by atoms with Crippen molar-refractivity contribution in [1.82, 2.24) is 44.8 Å². The lowest BCUT2D eigenvalue weighted by atomic mass is 9.58. The molecule has 8 fully saturated rings. The van der Waals surface area contributed by atoms with Crippen LogP contribution in [0.4, 0.5) is 71.2 Å². The van der Waals surface area contributed by atoms with Crippen LogP contribution in [0.25, 0.3) is 0 Å². The summed E-state index contributed by atoms with van der Waals surface area (Å²) < 4.78 is 124. The van der Waals surface area contributed by atoms with Gasteiger partial charge in [-0.15, -0.1) is 26.3 Å². The predicted octanol–water partition coefficient (Wildman–Crippen LogP) is 12.4. The molecular formula is C69H74F9N13O5. The number of hydrogen-bond acceptors (Lipinski definition) is 12. The molecule has 1 N–H and O–H groups in total. The van der Waals surface area contributed by atoms with Crippen molar-refractivity contribution in [2.45, 2.75) is 117 Å². The molecule has 5 aliphatic carbocycles. The maximum absolute atomic E-state index is 14.1. The van der Waals surface area contributed by atoms with Gasteiger partial charge in [0.05, 0.1) is 77.1 Å². The SMILES string of the molecule is CN(C)C1(c2cccc(F)c2)CC2(CN(c3ccc(OC(F)(F)F)cn3)C(=O)N2)C1.CN(C)C1(c2cccc(F)c2)CC2(CN(c3ccc(OC(F)(F)F)cn3)C(=O)N2CC2CC2)C1.Cc1cc(C#N)ncc1N1CC2(CC(c3cccc(F)c3)(N(C)C)C2)N(CC2CC2)C1=O. The van der Waals surface area contributed by atoms with Crippen LogP contribution in [0.3, 0.4) is 0 Å². The zero-order valence-electron chi connectivity index (χ0n) is 54.1. The Morgan fingerprint density at radius 1 is 0.542 bits per heavy atom. The summed E-state index contributed by atoms with van der Waals surface area (Å²) in [6.45, 7) is 4.58. The lowest BCUT2D eigenvalue weighted by Crippen LogP contribution is -2.67. The number of amides is 6. The average Bonchev–Trinajstić information content (AvgIpc) is 1.44. The first-order valence-corrected chi connectivity index (χ1v) is 31.7. The molecule has 6 heterocycles. The van der Waals surface area contributed by atoms with Gasteiger partial charge < -0.3 is 24.6 Å². The molecule has 96 heavy (non-hydrogen) atoms. The molecule has 6 aromatic rings. The number of nitrogens with one attached hydrogen (secondary N) is 1. The minimum Gasteiger partial charge on any atom is -0.404 e. The number of carbonyl (C=O) groups is 3. The van der Waals surface area contributed by atoms with Gasteiger partial charge in [0.1, 0.15) is 52.3 Å². The first-order chi connectivity index (χ1) is 45.3. The van der Waals surface area contributed by atoms with Gasteiger partial charge >= 0.3 is 30.8 Å². The van der Waals surface area contributed by atoms with Crippen molar-refractivity contribution in [1.29, 1.82) is 5.26 Å². The van der Waals surface area contributed by atoms with Crippen LogP contribution < -0.4 is 29.5 Å². The molecule has 3 aromatic heterocycles. The second kappa shape index (κ2) is 24.7.